The number of H-pyrrole nitrogens is 1. The van der Waals surface area contributed by atoms with E-state index in [1.54, 1.807) is 6.20 Å². The average molecular weight is 365 g/mol. The molecule has 1 aromatic carbocycles. The highest BCUT2D eigenvalue weighted by molar-refractivity contribution is 5.99. The number of hydrogen-bond acceptors (Lipinski definition) is 4. The van der Waals surface area contributed by atoms with Gasteiger partial charge in [0.15, 0.2) is 5.65 Å². The monoisotopic (exact) mass is 365 g/mol. The minimum absolute atomic E-state index is 0.0886. The number of amides is 1. The predicted molar refractivity (Wildman–Crippen MR) is 104 cm³/mol. The zero-order chi connectivity index (χ0) is 19.0. The van der Waals surface area contributed by atoms with Crippen LogP contribution in [0, 0.1) is 0 Å². The quantitative estimate of drug-likeness (QED) is 0.769. The molecule has 0 unspecified atom stereocenters. The molecule has 0 spiro atoms. The Morgan fingerprint density at radius 3 is 2.48 bits per heavy atom. The second kappa shape index (κ2) is 7.00. The molecule has 3 heterocycles. The molecule has 0 bridgehead atoms. The molecule has 1 fully saturated rings. The third-order valence-electron chi connectivity index (χ3n) is 5.13. The third kappa shape index (κ3) is 3.26. The molecule has 2 aromatic heterocycles. The van der Waals surface area contributed by atoms with Gasteiger partial charge in [-0.15, -0.1) is 0 Å². The van der Waals surface area contributed by atoms with Crippen LogP contribution in [0.2, 0.25) is 0 Å². The molecule has 4 rings (SSSR count). The van der Waals surface area contributed by atoms with E-state index in [2.05, 4.69) is 28.8 Å². The van der Waals surface area contributed by atoms with Crippen LogP contribution < -0.4 is 5.56 Å². The Morgan fingerprint density at radius 2 is 1.81 bits per heavy atom. The number of aromatic nitrogens is 3. The van der Waals surface area contributed by atoms with Crippen LogP contribution in [0.4, 0.5) is 0 Å². The van der Waals surface area contributed by atoms with Gasteiger partial charge in [0.1, 0.15) is 5.56 Å². The first-order valence-corrected chi connectivity index (χ1v) is 9.24. The number of aromatic amines is 1. The minimum Gasteiger partial charge on any atom is -0.336 e. The van der Waals surface area contributed by atoms with Crippen molar-refractivity contribution in [1.82, 2.24) is 24.4 Å². The first-order valence-electron chi connectivity index (χ1n) is 9.24. The van der Waals surface area contributed by atoms with Crippen LogP contribution >= 0.6 is 0 Å². The van der Waals surface area contributed by atoms with Gasteiger partial charge in [0.2, 0.25) is 0 Å². The summed E-state index contributed by atoms with van der Waals surface area (Å²) in [4.78, 5) is 34.3. The Morgan fingerprint density at radius 1 is 1.11 bits per heavy atom. The van der Waals surface area contributed by atoms with E-state index in [1.807, 2.05) is 35.2 Å². The molecule has 27 heavy (non-hydrogen) atoms. The number of hydrogen-bond donors (Lipinski definition) is 1. The molecule has 0 radical (unpaired) electrons. The van der Waals surface area contributed by atoms with Crippen LogP contribution in [0.15, 0.2) is 47.4 Å². The second-order valence-corrected chi connectivity index (χ2v) is 7.11. The molecule has 1 saturated heterocycles. The molecule has 1 amide bonds. The van der Waals surface area contributed by atoms with Gasteiger partial charge in [-0.2, -0.15) is 0 Å². The van der Waals surface area contributed by atoms with E-state index in [4.69, 9.17) is 0 Å². The summed E-state index contributed by atoms with van der Waals surface area (Å²) in [6.45, 7) is 7.40. The topological polar surface area (TPSA) is 73.7 Å². The van der Waals surface area contributed by atoms with Crippen molar-refractivity contribution in [2.75, 3.05) is 26.2 Å². The van der Waals surface area contributed by atoms with Crippen LogP contribution in [0.3, 0.4) is 0 Å². The third-order valence-corrected chi connectivity index (χ3v) is 5.13. The lowest BCUT2D eigenvalue weighted by Gasteiger charge is -2.36. The van der Waals surface area contributed by atoms with Crippen molar-refractivity contribution < 1.29 is 4.79 Å². The summed E-state index contributed by atoms with van der Waals surface area (Å²) in [7, 11) is 0. The lowest BCUT2D eigenvalue weighted by Crippen LogP contribution is -2.50. The average Bonchev–Trinajstić information content (AvgIpc) is 3.13. The van der Waals surface area contributed by atoms with Crippen LogP contribution in [-0.2, 0) is 0 Å². The molecule has 3 aromatic rings. The fraction of sp³-hybridized carbons (Fsp3) is 0.350. The van der Waals surface area contributed by atoms with Crippen molar-refractivity contribution in [1.29, 1.82) is 0 Å². The summed E-state index contributed by atoms with van der Waals surface area (Å²) in [5.41, 5.74) is 1.99. The fourth-order valence-corrected chi connectivity index (χ4v) is 3.51. The van der Waals surface area contributed by atoms with Crippen molar-refractivity contribution in [3.63, 3.8) is 0 Å². The van der Waals surface area contributed by atoms with Crippen LogP contribution in [0.5, 0.6) is 0 Å². The minimum atomic E-state index is -0.234. The summed E-state index contributed by atoms with van der Waals surface area (Å²) in [6.07, 6.45) is 1.58. The highest BCUT2D eigenvalue weighted by Gasteiger charge is 2.26. The van der Waals surface area contributed by atoms with Gasteiger partial charge in [0, 0.05) is 50.0 Å². The number of nitrogens with zero attached hydrogens (tertiary/aromatic N) is 4. The van der Waals surface area contributed by atoms with E-state index in [9.17, 15) is 9.59 Å². The normalized spacial score (nSPS) is 15.6. The Bertz CT molecular complexity index is 1010. The van der Waals surface area contributed by atoms with Gasteiger partial charge in [-0.05, 0) is 13.8 Å². The zero-order valence-electron chi connectivity index (χ0n) is 15.6. The van der Waals surface area contributed by atoms with Crippen LogP contribution in [0.1, 0.15) is 24.2 Å². The molecular formula is C20H23N5O2. The molecule has 0 saturated carbocycles. The molecule has 140 valence electrons. The maximum atomic E-state index is 13.0. The van der Waals surface area contributed by atoms with Gasteiger partial charge < -0.3 is 4.90 Å². The highest BCUT2D eigenvalue weighted by Crippen LogP contribution is 2.18. The fourth-order valence-electron chi connectivity index (χ4n) is 3.51. The van der Waals surface area contributed by atoms with E-state index in [-0.39, 0.29) is 11.5 Å². The zero-order valence-corrected chi connectivity index (χ0v) is 15.6. The van der Waals surface area contributed by atoms with E-state index >= 15 is 0 Å². The second-order valence-electron chi connectivity index (χ2n) is 7.11. The van der Waals surface area contributed by atoms with Gasteiger partial charge in [0.05, 0.1) is 5.69 Å². The molecule has 1 aliphatic rings. The summed E-state index contributed by atoms with van der Waals surface area (Å²) in [6, 6.07) is 11.5. The molecule has 0 atom stereocenters. The first kappa shape index (κ1) is 17.5. The molecular weight excluding hydrogens is 342 g/mol. The first-order chi connectivity index (χ1) is 13.0. The predicted octanol–water partition coefficient (Wildman–Crippen LogP) is 1.86. The van der Waals surface area contributed by atoms with Crippen molar-refractivity contribution in [3.8, 4) is 11.3 Å². The van der Waals surface area contributed by atoms with Gasteiger partial charge in [0.25, 0.3) is 11.5 Å². The SMILES string of the molecule is CC(C)N1CCN(C(=O)c2c[nH]n3c(=O)cc(-c4ccccc4)nc23)CC1. The van der Waals surface area contributed by atoms with Crippen molar-refractivity contribution in [2.45, 2.75) is 19.9 Å². The number of rotatable bonds is 3. The lowest BCUT2D eigenvalue weighted by atomic mass is 10.1. The van der Waals surface area contributed by atoms with Gasteiger partial charge >= 0.3 is 0 Å². The summed E-state index contributed by atoms with van der Waals surface area (Å²) < 4.78 is 1.32. The van der Waals surface area contributed by atoms with Crippen molar-refractivity contribution in [2.24, 2.45) is 0 Å². The summed E-state index contributed by atoms with van der Waals surface area (Å²) >= 11 is 0. The van der Waals surface area contributed by atoms with E-state index in [1.165, 1.54) is 10.6 Å². The molecule has 7 nitrogen and oxygen atoms in total. The number of carbonyl (C=O) groups excluding carboxylic acids is 1. The molecule has 1 aliphatic heterocycles. The van der Waals surface area contributed by atoms with E-state index < -0.39 is 0 Å². The Hall–Kier alpha value is -2.93. The van der Waals surface area contributed by atoms with Crippen LogP contribution in [0.25, 0.3) is 16.9 Å². The van der Waals surface area contributed by atoms with Gasteiger partial charge in [-0.25, -0.2) is 9.50 Å². The molecule has 0 aliphatic carbocycles. The van der Waals surface area contributed by atoms with Gasteiger partial charge in [-0.3, -0.25) is 19.6 Å². The van der Waals surface area contributed by atoms with Crippen molar-refractivity contribution >= 4 is 11.6 Å². The highest BCUT2D eigenvalue weighted by atomic mass is 16.2. The van der Waals surface area contributed by atoms with Crippen molar-refractivity contribution in [3.05, 3.63) is 58.5 Å². The molecule has 1 N–H and O–H groups in total. The Balaban J connectivity index is 1.67. The van der Waals surface area contributed by atoms with Crippen LogP contribution in [-0.4, -0.2) is 62.5 Å². The smallest absolute Gasteiger partial charge is 0.273 e. The Labute approximate surface area is 157 Å². The summed E-state index contributed by atoms with van der Waals surface area (Å²) in [5.74, 6) is -0.0886. The van der Waals surface area contributed by atoms with Gasteiger partial charge in [-0.1, -0.05) is 30.3 Å². The standard InChI is InChI=1S/C20H23N5O2/c1-14(2)23-8-10-24(11-9-23)20(27)16-13-21-25-18(26)12-17(22-19(16)25)15-6-4-3-5-7-15/h3-7,12-14,21H,8-11H2,1-2H3. The number of nitrogens with one attached hydrogen (secondary N) is 1. The number of fused-ring (bicyclic) bond motifs is 1. The largest absolute Gasteiger partial charge is 0.336 e. The number of carbonyl (C=O) groups is 1. The van der Waals surface area contributed by atoms with E-state index in [0.29, 0.717) is 36.0 Å². The Kier molecular flexibility index (Phi) is 4.53. The lowest BCUT2D eigenvalue weighted by molar-refractivity contribution is 0.0597. The maximum Gasteiger partial charge on any atom is 0.273 e. The number of benzene rings is 1. The summed E-state index contributed by atoms with van der Waals surface area (Å²) in [5, 5.41) is 2.87. The maximum absolute atomic E-state index is 13.0. The number of piperazine rings is 1. The molecule has 7 heteroatoms. The van der Waals surface area contributed by atoms with E-state index in [0.717, 1.165) is 18.7 Å².